The molecule has 1 saturated heterocycles. The minimum Gasteiger partial charge on any atom is -0.349 e. The van der Waals surface area contributed by atoms with E-state index < -0.39 is 0 Å². The zero-order valence-electron chi connectivity index (χ0n) is 7.06. The van der Waals surface area contributed by atoms with Gasteiger partial charge in [-0.1, -0.05) is 12.2 Å². The summed E-state index contributed by atoms with van der Waals surface area (Å²) in [7, 11) is 0. The number of carbonyl (C=O) groups is 2. The summed E-state index contributed by atoms with van der Waals surface area (Å²) < 4.78 is 0. The van der Waals surface area contributed by atoms with E-state index in [1.54, 1.807) is 11.0 Å². The highest BCUT2D eigenvalue weighted by Crippen LogP contribution is 2.35. The number of piperazine rings is 1. The lowest BCUT2D eigenvalue weighted by atomic mass is 10.1. The molecule has 2 aliphatic heterocycles. The molecule has 4 nitrogen and oxygen atoms in total. The van der Waals surface area contributed by atoms with E-state index in [4.69, 9.17) is 0 Å². The highest BCUT2D eigenvalue weighted by atomic mass is 16.2. The second kappa shape index (κ2) is 2.13. The van der Waals surface area contributed by atoms with Crippen LogP contribution in [0.15, 0.2) is 12.2 Å². The van der Waals surface area contributed by atoms with E-state index >= 15 is 0 Å². The van der Waals surface area contributed by atoms with Gasteiger partial charge in [-0.2, -0.15) is 0 Å². The third kappa shape index (κ3) is 0.855. The second-order valence-electron chi connectivity index (χ2n) is 3.80. The molecule has 1 aliphatic carbocycles. The first-order valence-corrected chi connectivity index (χ1v) is 4.55. The van der Waals surface area contributed by atoms with Crippen molar-refractivity contribution in [2.24, 2.45) is 0 Å². The van der Waals surface area contributed by atoms with Crippen LogP contribution in [0.3, 0.4) is 0 Å². The number of nitrogens with one attached hydrogen (secondary N) is 1. The topological polar surface area (TPSA) is 49.4 Å². The van der Waals surface area contributed by atoms with Gasteiger partial charge in [-0.15, -0.1) is 0 Å². The lowest BCUT2D eigenvalue weighted by Crippen LogP contribution is -2.57. The van der Waals surface area contributed by atoms with Crippen LogP contribution in [0.5, 0.6) is 0 Å². The third-order valence-corrected chi connectivity index (χ3v) is 2.91. The molecular weight excluding hydrogens is 168 g/mol. The fourth-order valence-electron chi connectivity index (χ4n) is 2.17. The standard InChI is InChI=1S/C9H10N2O2/c12-8-3-1-2-6-9(13)10-5-4-7(5)11(6)8/h1-2,5-7H,3-4H2,(H,10,13). The lowest BCUT2D eigenvalue weighted by Gasteiger charge is -2.35. The monoisotopic (exact) mass is 178 g/mol. The van der Waals surface area contributed by atoms with Gasteiger partial charge in [0.1, 0.15) is 6.04 Å². The Hall–Kier alpha value is -1.32. The van der Waals surface area contributed by atoms with Crippen molar-refractivity contribution >= 4 is 11.8 Å². The molecule has 3 unspecified atom stereocenters. The molecule has 2 fully saturated rings. The molecule has 3 atom stereocenters. The fourth-order valence-corrected chi connectivity index (χ4v) is 2.17. The second-order valence-corrected chi connectivity index (χ2v) is 3.80. The first-order valence-electron chi connectivity index (χ1n) is 4.55. The van der Waals surface area contributed by atoms with Crippen molar-refractivity contribution in [1.29, 1.82) is 0 Å². The Bertz CT molecular complexity index is 324. The van der Waals surface area contributed by atoms with Crippen LogP contribution in [0, 0.1) is 0 Å². The maximum Gasteiger partial charge on any atom is 0.247 e. The van der Waals surface area contributed by atoms with E-state index in [1.165, 1.54) is 0 Å². The van der Waals surface area contributed by atoms with E-state index in [2.05, 4.69) is 5.32 Å². The van der Waals surface area contributed by atoms with Crippen molar-refractivity contribution in [2.45, 2.75) is 31.0 Å². The third-order valence-electron chi connectivity index (χ3n) is 2.91. The van der Waals surface area contributed by atoms with Crippen LogP contribution < -0.4 is 5.32 Å². The van der Waals surface area contributed by atoms with E-state index in [1.807, 2.05) is 6.08 Å². The number of nitrogens with zero attached hydrogens (tertiary/aromatic N) is 1. The molecule has 0 bridgehead atoms. The number of fused-ring (bicyclic) bond motifs is 3. The molecule has 0 spiro atoms. The smallest absolute Gasteiger partial charge is 0.247 e. The summed E-state index contributed by atoms with van der Waals surface area (Å²) in [5.41, 5.74) is 0. The molecule has 0 aromatic carbocycles. The molecule has 0 aromatic rings. The normalized spacial score (nSPS) is 40.9. The summed E-state index contributed by atoms with van der Waals surface area (Å²) >= 11 is 0. The Kier molecular flexibility index (Phi) is 1.17. The molecule has 2 amide bonds. The van der Waals surface area contributed by atoms with Crippen LogP contribution >= 0.6 is 0 Å². The summed E-state index contributed by atoms with van der Waals surface area (Å²) in [6.45, 7) is 0. The quantitative estimate of drug-likeness (QED) is 0.504. The highest BCUT2D eigenvalue weighted by molar-refractivity contribution is 5.93. The van der Waals surface area contributed by atoms with Crippen molar-refractivity contribution in [3.8, 4) is 0 Å². The van der Waals surface area contributed by atoms with Crippen LogP contribution in [0.25, 0.3) is 0 Å². The van der Waals surface area contributed by atoms with Gasteiger partial charge in [0.15, 0.2) is 0 Å². The average molecular weight is 178 g/mol. The highest BCUT2D eigenvalue weighted by Gasteiger charge is 2.53. The summed E-state index contributed by atoms with van der Waals surface area (Å²) in [6, 6.07) is 0.185. The Morgan fingerprint density at radius 3 is 3.15 bits per heavy atom. The fraction of sp³-hybridized carbons (Fsp3) is 0.556. The van der Waals surface area contributed by atoms with Gasteiger partial charge in [-0.3, -0.25) is 9.59 Å². The largest absolute Gasteiger partial charge is 0.349 e. The number of hydrogen-bond acceptors (Lipinski definition) is 2. The molecule has 4 heteroatoms. The Balaban J connectivity index is 1.99. The minimum absolute atomic E-state index is 0.0250. The van der Waals surface area contributed by atoms with Gasteiger partial charge in [0.25, 0.3) is 0 Å². The number of hydrogen-bond donors (Lipinski definition) is 1. The van der Waals surface area contributed by atoms with Gasteiger partial charge in [-0.25, -0.2) is 0 Å². The maximum atomic E-state index is 11.5. The summed E-state index contributed by atoms with van der Waals surface area (Å²) in [5.74, 6) is 0.0675. The van der Waals surface area contributed by atoms with E-state index in [0.717, 1.165) is 6.42 Å². The molecule has 2 heterocycles. The first-order chi connectivity index (χ1) is 6.27. The van der Waals surface area contributed by atoms with Crippen molar-refractivity contribution in [3.05, 3.63) is 12.2 Å². The molecule has 1 N–H and O–H groups in total. The lowest BCUT2D eigenvalue weighted by molar-refractivity contribution is -0.141. The van der Waals surface area contributed by atoms with Gasteiger partial charge in [0.2, 0.25) is 11.8 Å². The average Bonchev–Trinajstić information content (AvgIpc) is 2.83. The first kappa shape index (κ1) is 7.12. The van der Waals surface area contributed by atoms with E-state index in [-0.39, 0.29) is 29.9 Å². The van der Waals surface area contributed by atoms with Crippen molar-refractivity contribution in [1.82, 2.24) is 10.2 Å². The van der Waals surface area contributed by atoms with Gasteiger partial charge >= 0.3 is 0 Å². The summed E-state index contributed by atoms with van der Waals surface area (Å²) in [4.78, 5) is 24.7. The zero-order valence-corrected chi connectivity index (χ0v) is 7.06. The van der Waals surface area contributed by atoms with Crippen LogP contribution in [0.2, 0.25) is 0 Å². The Labute approximate surface area is 75.6 Å². The summed E-state index contributed by atoms with van der Waals surface area (Å²) in [6.07, 6.45) is 4.99. The summed E-state index contributed by atoms with van der Waals surface area (Å²) in [5, 5.41) is 2.89. The van der Waals surface area contributed by atoms with Crippen molar-refractivity contribution in [3.63, 3.8) is 0 Å². The van der Waals surface area contributed by atoms with Crippen LogP contribution in [-0.4, -0.2) is 34.8 Å². The number of amides is 2. The molecule has 68 valence electrons. The predicted molar refractivity (Wildman–Crippen MR) is 44.7 cm³/mol. The number of carbonyl (C=O) groups excluding carboxylic acids is 2. The zero-order chi connectivity index (χ0) is 9.00. The van der Waals surface area contributed by atoms with Crippen molar-refractivity contribution < 1.29 is 9.59 Å². The minimum atomic E-state index is -0.329. The molecule has 3 rings (SSSR count). The van der Waals surface area contributed by atoms with Crippen molar-refractivity contribution in [2.75, 3.05) is 0 Å². The van der Waals surface area contributed by atoms with Gasteiger partial charge < -0.3 is 10.2 Å². The number of rotatable bonds is 0. The molecule has 3 aliphatic rings. The molecular formula is C9H10N2O2. The predicted octanol–water partition coefficient (Wildman–Crippen LogP) is -0.586. The Morgan fingerprint density at radius 2 is 2.31 bits per heavy atom. The van der Waals surface area contributed by atoms with Crippen LogP contribution in [0.4, 0.5) is 0 Å². The van der Waals surface area contributed by atoms with Gasteiger partial charge in [-0.05, 0) is 6.42 Å². The molecule has 0 aromatic heterocycles. The Morgan fingerprint density at radius 1 is 1.46 bits per heavy atom. The molecule has 0 radical (unpaired) electrons. The van der Waals surface area contributed by atoms with Crippen LogP contribution in [0.1, 0.15) is 12.8 Å². The van der Waals surface area contributed by atoms with E-state index in [0.29, 0.717) is 6.42 Å². The molecule has 1 saturated carbocycles. The van der Waals surface area contributed by atoms with Gasteiger partial charge in [0, 0.05) is 6.42 Å². The SMILES string of the molecule is O=C1NC2CC2N2C(=O)CC=CC12. The molecule has 13 heavy (non-hydrogen) atoms. The maximum absolute atomic E-state index is 11.5. The van der Waals surface area contributed by atoms with Gasteiger partial charge in [0.05, 0.1) is 12.1 Å². The van der Waals surface area contributed by atoms with E-state index in [9.17, 15) is 9.59 Å². The van der Waals surface area contributed by atoms with Crippen LogP contribution in [-0.2, 0) is 9.59 Å².